The van der Waals surface area contributed by atoms with Crippen molar-refractivity contribution in [2.45, 2.75) is 38.6 Å². The lowest BCUT2D eigenvalue weighted by Crippen LogP contribution is -2.48. The molecule has 2 N–H and O–H groups in total. The fourth-order valence-corrected chi connectivity index (χ4v) is 2.24. The van der Waals surface area contributed by atoms with Crippen LogP contribution in [0.4, 0.5) is 4.79 Å². The van der Waals surface area contributed by atoms with Gasteiger partial charge in [-0.3, -0.25) is 10.1 Å². The number of ether oxygens (including phenoxy) is 1. The molecule has 0 bridgehead atoms. The highest BCUT2D eigenvalue weighted by molar-refractivity contribution is 5.95. The summed E-state index contributed by atoms with van der Waals surface area (Å²) in [7, 11) is 0. The molecule has 0 heterocycles. The van der Waals surface area contributed by atoms with E-state index in [1.165, 1.54) is 0 Å². The van der Waals surface area contributed by atoms with Gasteiger partial charge in [0.15, 0.2) is 0 Å². The number of imide groups is 1. The first kappa shape index (κ1) is 15.4. The van der Waals surface area contributed by atoms with Crippen LogP contribution in [-0.2, 0) is 14.3 Å². The molecule has 0 atom stereocenters. The largest absolute Gasteiger partial charge is 0.480 e. The molecule has 0 spiro atoms. The van der Waals surface area contributed by atoms with Crippen molar-refractivity contribution in [2.24, 2.45) is 0 Å². The van der Waals surface area contributed by atoms with Crippen molar-refractivity contribution in [3.63, 3.8) is 0 Å². The van der Waals surface area contributed by atoms with Gasteiger partial charge in [-0.15, -0.1) is 0 Å². The lowest BCUT2D eigenvalue weighted by atomic mass is 10.2. The average Bonchev–Trinajstić information content (AvgIpc) is 2.82. The number of carboxylic acids is 1. The molecule has 7 nitrogen and oxygen atoms in total. The maximum absolute atomic E-state index is 11.9. The van der Waals surface area contributed by atoms with Gasteiger partial charge in [0.25, 0.3) is 5.91 Å². The number of hydrogen-bond acceptors (Lipinski definition) is 4. The van der Waals surface area contributed by atoms with E-state index in [1.54, 1.807) is 4.90 Å². The van der Waals surface area contributed by atoms with Crippen LogP contribution in [0.5, 0.6) is 0 Å². The summed E-state index contributed by atoms with van der Waals surface area (Å²) in [6.07, 6.45) is 4.13. The Morgan fingerprint density at radius 2 is 1.89 bits per heavy atom. The van der Waals surface area contributed by atoms with Gasteiger partial charge in [0.05, 0.1) is 0 Å². The Kier molecular flexibility index (Phi) is 6.27. The van der Waals surface area contributed by atoms with E-state index in [0.29, 0.717) is 6.54 Å². The smallest absolute Gasteiger partial charge is 0.329 e. The molecule has 0 radical (unpaired) electrons. The second-order valence-corrected chi connectivity index (χ2v) is 4.46. The first-order chi connectivity index (χ1) is 9.04. The molecule has 0 aromatic carbocycles. The molecule has 0 saturated heterocycles. The fraction of sp³-hybridized carbons (Fsp3) is 0.750. The molecule has 0 aromatic rings. The van der Waals surface area contributed by atoms with E-state index in [0.717, 1.165) is 25.7 Å². The normalized spacial score (nSPS) is 15.2. The maximum Gasteiger partial charge on any atom is 0.329 e. The number of carbonyl (C=O) groups excluding carboxylic acids is 2. The number of hydrogen-bond donors (Lipinski definition) is 2. The third kappa shape index (κ3) is 5.25. The Hall–Kier alpha value is -1.63. The van der Waals surface area contributed by atoms with Crippen LogP contribution in [-0.4, -0.2) is 53.7 Å². The first-order valence-corrected chi connectivity index (χ1v) is 6.44. The van der Waals surface area contributed by atoms with Gasteiger partial charge in [-0.25, -0.2) is 9.59 Å². The molecule has 19 heavy (non-hydrogen) atoms. The molecule has 1 saturated carbocycles. The van der Waals surface area contributed by atoms with Crippen LogP contribution < -0.4 is 5.32 Å². The van der Waals surface area contributed by atoms with Crippen molar-refractivity contribution in [2.75, 3.05) is 19.8 Å². The summed E-state index contributed by atoms with van der Waals surface area (Å²) in [6.45, 7) is 1.42. The van der Waals surface area contributed by atoms with Gasteiger partial charge >= 0.3 is 12.0 Å². The summed E-state index contributed by atoms with van der Waals surface area (Å²) in [5.41, 5.74) is 0. The highest BCUT2D eigenvalue weighted by Gasteiger charge is 2.26. The highest BCUT2D eigenvalue weighted by Crippen LogP contribution is 2.23. The molecule has 3 amide bonds. The number of nitrogens with one attached hydrogen (secondary N) is 1. The van der Waals surface area contributed by atoms with E-state index in [-0.39, 0.29) is 6.04 Å². The average molecular weight is 272 g/mol. The van der Waals surface area contributed by atoms with Gasteiger partial charge in [-0.2, -0.15) is 0 Å². The quantitative estimate of drug-likeness (QED) is 0.737. The molecule has 108 valence electrons. The SMILES string of the molecule is CCN(C(=O)NC(=O)COCC(=O)O)C1CCCC1. The number of aliphatic carboxylic acids is 1. The summed E-state index contributed by atoms with van der Waals surface area (Å²) >= 11 is 0. The molecule has 1 fully saturated rings. The lowest BCUT2D eigenvalue weighted by molar-refractivity contribution is -0.143. The van der Waals surface area contributed by atoms with Crippen LogP contribution in [0.25, 0.3) is 0 Å². The van der Waals surface area contributed by atoms with Crippen LogP contribution in [0, 0.1) is 0 Å². The van der Waals surface area contributed by atoms with E-state index in [9.17, 15) is 14.4 Å². The minimum atomic E-state index is -1.15. The fourth-order valence-electron chi connectivity index (χ4n) is 2.24. The van der Waals surface area contributed by atoms with Gasteiger partial charge in [-0.05, 0) is 19.8 Å². The third-order valence-electron chi connectivity index (χ3n) is 3.07. The molecular weight excluding hydrogens is 252 g/mol. The summed E-state index contributed by atoms with van der Waals surface area (Å²) in [6, 6.07) is -0.240. The van der Waals surface area contributed by atoms with Crippen molar-refractivity contribution in [3.8, 4) is 0 Å². The monoisotopic (exact) mass is 272 g/mol. The second kappa shape index (κ2) is 7.73. The number of carboxylic acid groups (broad SMARTS) is 1. The van der Waals surface area contributed by atoms with Gasteiger partial charge < -0.3 is 14.7 Å². The highest BCUT2D eigenvalue weighted by atomic mass is 16.5. The van der Waals surface area contributed by atoms with Crippen LogP contribution in [0.3, 0.4) is 0 Å². The maximum atomic E-state index is 11.9. The van der Waals surface area contributed by atoms with Crippen LogP contribution >= 0.6 is 0 Å². The zero-order valence-electron chi connectivity index (χ0n) is 11.1. The molecule has 1 aliphatic carbocycles. The van der Waals surface area contributed by atoms with E-state index in [1.807, 2.05) is 6.92 Å². The van der Waals surface area contributed by atoms with Gasteiger partial charge in [-0.1, -0.05) is 12.8 Å². The summed E-state index contributed by atoms with van der Waals surface area (Å²) in [5.74, 6) is -1.78. The van der Waals surface area contributed by atoms with E-state index >= 15 is 0 Å². The van der Waals surface area contributed by atoms with Crippen LogP contribution in [0.15, 0.2) is 0 Å². The van der Waals surface area contributed by atoms with Gasteiger partial charge in [0.2, 0.25) is 0 Å². The van der Waals surface area contributed by atoms with Crippen LogP contribution in [0.2, 0.25) is 0 Å². The Balaban J connectivity index is 2.34. The number of rotatable bonds is 6. The van der Waals surface area contributed by atoms with Crippen molar-refractivity contribution in [3.05, 3.63) is 0 Å². The molecule has 1 rings (SSSR count). The Bertz CT molecular complexity index is 339. The number of amides is 3. The zero-order valence-corrected chi connectivity index (χ0v) is 11.1. The Morgan fingerprint density at radius 1 is 1.26 bits per heavy atom. The van der Waals surface area contributed by atoms with Gasteiger partial charge in [0, 0.05) is 12.6 Å². The number of carbonyl (C=O) groups is 3. The standard InChI is InChI=1S/C12H20N2O5/c1-2-14(9-5-3-4-6-9)12(18)13-10(15)7-19-8-11(16)17/h9H,2-8H2,1H3,(H,16,17)(H,13,15,18). The summed E-state index contributed by atoms with van der Waals surface area (Å²) in [5, 5.41) is 10.6. The number of nitrogens with zero attached hydrogens (tertiary/aromatic N) is 1. The molecule has 0 unspecified atom stereocenters. The topological polar surface area (TPSA) is 95.9 Å². The molecule has 7 heteroatoms. The predicted octanol–water partition coefficient (Wildman–Crippen LogP) is 0.588. The Labute approximate surface area is 111 Å². The van der Waals surface area contributed by atoms with Crippen LogP contribution in [0.1, 0.15) is 32.6 Å². The minimum absolute atomic E-state index is 0.192. The lowest BCUT2D eigenvalue weighted by Gasteiger charge is -2.27. The number of urea groups is 1. The molecule has 0 aromatic heterocycles. The van der Waals surface area contributed by atoms with Crippen molar-refractivity contribution in [1.29, 1.82) is 0 Å². The molecule has 0 aliphatic heterocycles. The van der Waals surface area contributed by atoms with Crippen molar-refractivity contribution < 1.29 is 24.2 Å². The van der Waals surface area contributed by atoms with E-state index in [2.05, 4.69) is 10.1 Å². The van der Waals surface area contributed by atoms with Gasteiger partial charge in [0.1, 0.15) is 13.2 Å². The first-order valence-electron chi connectivity index (χ1n) is 6.44. The zero-order chi connectivity index (χ0) is 14.3. The molecule has 1 aliphatic rings. The third-order valence-corrected chi connectivity index (χ3v) is 3.07. The minimum Gasteiger partial charge on any atom is -0.480 e. The molecular formula is C12H20N2O5. The van der Waals surface area contributed by atoms with Crippen molar-refractivity contribution in [1.82, 2.24) is 10.2 Å². The summed E-state index contributed by atoms with van der Waals surface area (Å²) < 4.78 is 4.61. The Morgan fingerprint density at radius 3 is 2.42 bits per heavy atom. The van der Waals surface area contributed by atoms with E-state index < -0.39 is 31.1 Å². The predicted molar refractivity (Wildman–Crippen MR) is 66.6 cm³/mol. The second-order valence-electron chi connectivity index (χ2n) is 4.46. The van der Waals surface area contributed by atoms with Crippen molar-refractivity contribution >= 4 is 17.9 Å². The van der Waals surface area contributed by atoms with E-state index in [4.69, 9.17) is 5.11 Å². The summed E-state index contributed by atoms with van der Waals surface area (Å²) in [4.78, 5) is 35.1.